The summed E-state index contributed by atoms with van der Waals surface area (Å²) in [6.07, 6.45) is 1.65. The summed E-state index contributed by atoms with van der Waals surface area (Å²) in [5.41, 5.74) is 0.702. The number of nitrogens with one attached hydrogen (secondary N) is 1. The lowest BCUT2D eigenvalue weighted by Crippen LogP contribution is -2.42. The van der Waals surface area contributed by atoms with E-state index in [1.165, 1.54) is 4.31 Å². The first-order chi connectivity index (χ1) is 7.84. The van der Waals surface area contributed by atoms with Gasteiger partial charge in [0.25, 0.3) is 10.2 Å². The third-order valence-electron chi connectivity index (χ3n) is 2.56. The molecule has 0 spiro atoms. The van der Waals surface area contributed by atoms with Gasteiger partial charge in [0.05, 0.1) is 11.7 Å². The van der Waals surface area contributed by atoms with Crippen LogP contribution in [-0.2, 0) is 10.2 Å². The molecule has 0 amide bonds. The van der Waals surface area contributed by atoms with Gasteiger partial charge in [-0.15, -0.1) is 0 Å². The molecule has 5 nitrogen and oxygen atoms in total. The van der Waals surface area contributed by atoms with Gasteiger partial charge in [-0.1, -0.05) is 6.07 Å². The van der Waals surface area contributed by atoms with E-state index in [0.717, 1.165) is 0 Å². The van der Waals surface area contributed by atoms with E-state index < -0.39 is 10.2 Å². The fraction of sp³-hybridized carbons (Fsp3) is 0.545. The minimum absolute atomic E-state index is 0.0802. The van der Waals surface area contributed by atoms with Crippen molar-refractivity contribution in [2.24, 2.45) is 0 Å². The highest BCUT2D eigenvalue weighted by Gasteiger charge is 2.23. The highest BCUT2D eigenvalue weighted by molar-refractivity contribution is 7.87. The van der Waals surface area contributed by atoms with E-state index in [1.807, 2.05) is 19.9 Å². The van der Waals surface area contributed by atoms with Gasteiger partial charge >= 0.3 is 0 Å². The zero-order valence-electron chi connectivity index (χ0n) is 10.6. The van der Waals surface area contributed by atoms with Crippen LogP contribution in [0.5, 0.6) is 0 Å². The first-order valence-electron chi connectivity index (χ1n) is 5.51. The average Bonchev–Trinajstić information content (AvgIpc) is 2.28. The maximum absolute atomic E-state index is 11.9. The van der Waals surface area contributed by atoms with Crippen LogP contribution < -0.4 is 4.72 Å². The zero-order chi connectivity index (χ0) is 13.1. The molecule has 1 unspecified atom stereocenters. The molecule has 96 valence electrons. The summed E-state index contributed by atoms with van der Waals surface area (Å²) in [7, 11) is -1.91. The van der Waals surface area contributed by atoms with E-state index in [0.29, 0.717) is 5.69 Å². The molecule has 0 saturated carbocycles. The van der Waals surface area contributed by atoms with E-state index in [4.69, 9.17) is 0 Å². The number of aromatic nitrogens is 1. The molecular weight excluding hydrogens is 238 g/mol. The molecule has 0 bridgehead atoms. The quantitative estimate of drug-likeness (QED) is 0.865. The first-order valence-corrected chi connectivity index (χ1v) is 6.95. The molecule has 17 heavy (non-hydrogen) atoms. The van der Waals surface area contributed by atoms with Crippen LogP contribution in [0.2, 0.25) is 0 Å². The van der Waals surface area contributed by atoms with E-state index >= 15 is 0 Å². The van der Waals surface area contributed by atoms with Crippen LogP contribution in [0.15, 0.2) is 24.4 Å². The number of rotatable bonds is 5. The van der Waals surface area contributed by atoms with E-state index in [9.17, 15) is 8.42 Å². The van der Waals surface area contributed by atoms with Crippen LogP contribution in [0.1, 0.15) is 32.5 Å². The second-order valence-corrected chi connectivity index (χ2v) is 5.97. The van der Waals surface area contributed by atoms with Crippen LogP contribution in [0, 0.1) is 0 Å². The van der Waals surface area contributed by atoms with E-state index in [1.54, 1.807) is 32.3 Å². The van der Waals surface area contributed by atoms with Gasteiger partial charge in [0.2, 0.25) is 0 Å². The lowest BCUT2D eigenvalue weighted by atomic mass is 10.2. The Morgan fingerprint density at radius 3 is 2.41 bits per heavy atom. The minimum Gasteiger partial charge on any atom is -0.260 e. The van der Waals surface area contributed by atoms with Crippen LogP contribution in [0.3, 0.4) is 0 Å². The highest BCUT2D eigenvalue weighted by Crippen LogP contribution is 2.11. The van der Waals surface area contributed by atoms with Crippen molar-refractivity contribution in [3.8, 4) is 0 Å². The van der Waals surface area contributed by atoms with Gasteiger partial charge in [0, 0.05) is 19.3 Å². The normalized spacial score (nSPS) is 14.2. The molecule has 0 aliphatic heterocycles. The Balaban J connectivity index is 2.79. The highest BCUT2D eigenvalue weighted by atomic mass is 32.2. The lowest BCUT2D eigenvalue weighted by Gasteiger charge is -2.23. The molecule has 1 aromatic rings. The summed E-state index contributed by atoms with van der Waals surface area (Å²) in [5.74, 6) is 0. The van der Waals surface area contributed by atoms with Gasteiger partial charge in [-0.2, -0.15) is 17.4 Å². The van der Waals surface area contributed by atoms with Crippen molar-refractivity contribution in [2.75, 3.05) is 7.05 Å². The van der Waals surface area contributed by atoms with Crippen molar-refractivity contribution >= 4 is 10.2 Å². The van der Waals surface area contributed by atoms with Crippen LogP contribution in [-0.4, -0.2) is 30.8 Å². The molecule has 1 atom stereocenters. The molecule has 1 heterocycles. The van der Waals surface area contributed by atoms with Crippen molar-refractivity contribution in [3.05, 3.63) is 30.1 Å². The maximum Gasteiger partial charge on any atom is 0.280 e. The third-order valence-corrected chi connectivity index (χ3v) is 4.39. The van der Waals surface area contributed by atoms with Gasteiger partial charge < -0.3 is 0 Å². The molecule has 0 aliphatic carbocycles. The predicted molar refractivity (Wildman–Crippen MR) is 67.6 cm³/mol. The molecule has 1 rings (SSSR count). The van der Waals surface area contributed by atoms with Gasteiger partial charge in [-0.3, -0.25) is 4.98 Å². The number of pyridine rings is 1. The fourth-order valence-corrected chi connectivity index (χ4v) is 2.57. The minimum atomic E-state index is -3.46. The number of nitrogens with zero attached hydrogens (tertiary/aromatic N) is 2. The third kappa shape index (κ3) is 3.76. The molecule has 0 aliphatic rings. The van der Waals surface area contributed by atoms with Crippen molar-refractivity contribution in [3.63, 3.8) is 0 Å². The Morgan fingerprint density at radius 1 is 1.29 bits per heavy atom. The smallest absolute Gasteiger partial charge is 0.260 e. The maximum atomic E-state index is 11.9. The SMILES string of the molecule is CC(NS(=O)(=O)N(C)C(C)C)c1ccccn1. The molecule has 1 N–H and O–H groups in total. The Morgan fingerprint density at radius 2 is 1.94 bits per heavy atom. The van der Waals surface area contributed by atoms with Crippen molar-refractivity contribution in [1.29, 1.82) is 0 Å². The molecular formula is C11H19N3O2S. The molecule has 0 aromatic carbocycles. The fourth-order valence-electron chi connectivity index (χ4n) is 1.28. The number of hydrogen-bond acceptors (Lipinski definition) is 3. The number of hydrogen-bond donors (Lipinski definition) is 1. The standard InChI is InChI=1S/C11H19N3O2S/c1-9(2)14(4)17(15,16)13-10(3)11-7-5-6-8-12-11/h5-10,13H,1-4H3. The Hall–Kier alpha value is -0.980. The summed E-state index contributed by atoms with van der Waals surface area (Å²) in [5, 5.41) is 0. The largest absolute Gasteiger partial charge is 0.280 e. The second kappa shape index (κ2) is 5.57. The van der Waals surface area contributed by atoms with Gasteiger partial charge in [0.1, 0.15) is 0 Å². The van der Waals surface area contributed by atoms with E-state index in [-0.39, 0.29) is 12.1 Å². The van der Waals surface area contributed by atoms with Gasteiger partial charge in [0.15, 0.2) is 0 Å². The second-order valence-electron chi connectivity index (χ2n) is 4.21. The lowest BCUT2D eigenvalue weighted by molar-refractivity contribution is 0.397. The first kappa shape index (κ1) is 14.1. The van der Waals surface area contributed by atoms with Crippen LogP contribution in [0.25, 0.3) is 0 Å². The summed E-state index contributed by atoms with van der Waals surface area (Å²) in [6.45, 7) is 5.42. The summed E-state index contributed by atoms with van der Waals surface area (Å²) < 4.78 is 27.8. The summed E-state index contributed by atoms with van der Waals surface area (Å²) in [4.78, 5) is 4.12. The molecule has 1 aromatic heterocycles. The molecule has 0 fully saturated rings. The zero-order valence-corrected chi connectivity index (χ0v) is 11.4. The van der Waals surface area contributed by atoms with Gasteiger partial charge in [-0.25, -0.2) is 0 Å². The van der Waals surface area contributed by atoms with Crippen molar-refractivity contribution < 1.29 is 8.42 Å². The topological polar surface area (TPSA) is 62.3 Å². The summed E-state index contributed by atoms with van der Waals surface area (Å²) >= 11 is 0. The molecule has 0 saturated heterocycles. The Kier molecular flexibility index (Phi) is 4.62. The monoisotopic (exact) mass is 257 g/mol. The van der Waals surface area contributed by atoms with Crippen LogP contribution in [0.4, 0.5) is 0 Å². The summed E-state index contributed by atoms with van der Waals surface area (Å²) in [6, 6.07) is 5.00. The van der Waals surface area contributed by atoms with Gasteiger partial charge in [-0.05, 0) is 32.9 Å². The van der Waals surface area contributed by atoms with Crippen molar-refractivity contribution in [2.45, 2.75) is 32.9 Å². The van der Waals surface area contributed by atoms with Crippen molar-refractivity contribution in [1.82, 2.24) is 14.0 Å². The van der Waals surface area contributed by atoms with Crippen LogP contribution >= 0.6 is 0 Å². The molecule has 0 radical (unpaired) electrons. The Labute approximate surface area is 103 Å². The predicted octanol–water partition coefficient (Wildman–Crippen LogP) is 1.32. The average molecular weight is 257 g/mol. The van der Waals surface area contributed by atoms with E-state index in [2.05, 4.69) is 9.71 Å². The Bertz CT molecular complexity index is 445. The molecule has 6 heteroatoms.